The van der Waals surface area contributed by atoms with Crippen LogP contribution in [-0.2, 0) is 0 Å². The molecule has 13 rings (SSSR count). The predicted molar refractivity (Wildman–Crippen MR) is 255 cm³/mol. The fourth-order valence-electron chi connectivity index (χ4n) is 9.31. The van der Waals surface area contributed by atoms with Crippen molar-refractivity contribution in [1.29, 1.82) is 0 Å². The van der Waals surface area contributed by atoms with Gasteiger partial charge in [0.05, 0.1) is 16.4 Å². The fraction of sp³-hybridized carbons (Fsp3) is 0. The zero-order chi connectivity index (χ0) is 39.3. The number of nitrogens with zero attached hydrogens (tertiary/aromatic N) is 3. The molecule has 4 heterocycles. The molecule has 0 fully saturated rings. The summed E-state index contributed by atoms with van der Waals surface area (Å²) in [5.74, 6) is 3.22. The molecule has 0 unspecified atom stereocenters. The Labute approximate surface area is 351 Å². The number of aromatic nitrogens is 3. The molecule has 0 spiro atoms. The zero-order valence-corrected chi connectivity index (χ0v) is 33.6. The molecule has 0 aliphatic heterocycles. The van der Waals surface area contributed by atoms with Gasteiger partial charge in [0.1, 0.15) is 16.3 Å². The second-order valence-electron chi connectivity index (χ2n) is 15.2. The summed E-state index contributed by atoms with van der Waals surface area (Å²) in [7, 11) is 0. The molecule has 4 aromatic heterocycles. The lowest BCUT2D eigenvalue weighted by Gasteiger charge is -2.15. The van der Waals surface area contributed by atoms with Crippen molar-refractivity contribution in [2.75, 3.05) is 0 Å². The van der Waals surface area contributed by atoms with Gasteiger partial charge >= 0.3 is 0 Å². The first-order chi connectivity index (χ1) is 29.8. The number of para-hydroxylation sites is 2. The lowest BCUT2D eigenvalue weighted by molar-refractivity contribution is 0.483. The number of fused-ring (bicyclic) bond motifs is 14. The SMILES string of the molecule is c1ccc(Oc2ccc3sc4c5ccccc5c5c(c6ccccc6n5-c5nc(-c6ccc(-c7ccccc7)c7ccccc67)nc6sc7ccccc7c56)c4c3c2)cc1. The van der Waals surface area contributed by atoms with E-state index in [4.69, 9.17) is 14.7 Å². The third kappa shape index (κ3) is 4.95. The van der Waals surface area contributed by atoms with Crippen LogP contribution < -0.4 is 4.74 Å². The Bertz CT molecular complexity index is 3870. The van der Waals surface area contributed by atoms with Crippen LogP contribution in [0, 0.1) is 0 Å². The molecule has 0 aliphatic carbocycles. The minimum absolute atomic E-state index is 0.708. The van der Waals surface area contributed by atoms with Gasteiger partial charge in [-0.2, -0.15) is 0 Å². The Morgan fingerprint density at radius 3 is 1.87 bits per heavy atom. The third-order valence-electron chi connectivity index (χ3n) is 11.9. The summed E-state index contributed by atoms with van der Waals surface area (Å²) in [5.41, 5.74) is 5.63. The molecule has 0 aliphatic rings. The van der Waals surface area contributed by atoms with Gasteiger partial charge in [-0.25, -0.2) is 9.97 Å². The fourth-order valence-corrected chi connectivity index (χ4v) is 11.6. The van der Waals surface area contributed by atoms with E-state index in [0.717, 1.165) is 54.9 Å². The first-order valence-corrected chi connectivity index (χ1v) is 21.7. The van der Waals surface area contributed by atoms with Crippen LogP contribution >= 0.6 is 22.7 Å². The highest BCUT2D eigenvalue weighted by Crippen LogP contribution is 2.50. The molecule has 0 saturated carbocycles. The normalized spacial score (nSPS) is 12.0. The number of thiophene rings is 2. The third-order valence-corrected chi connectivity index (χ3v) is 14.1. The van der Waals surface area contributed by atoms with Gasteiger partial charge in [0.25, 0.3) is 0 Å². The van der Waals surface area contributed by atoms with E-state index >= 15 is 0 Å². The van der Waals surface area contributed by atoms with Gasteiger partial charge in [-0.3, -0.25) is 4.57 Å². The molecular weight excluding hydrogens is 771 g/mol. The number of benzene rings is 9. The number of ether oxygens (including phenoxy) is 1. The van der Waals surface area contributed by atoms with Crippen LogP contribution in [0.3, 0.4) is 0 Å². The number of hydrogen-bond acceptors (Lipinski definition) is 5. The van der Waals surface area contributed by atoms with Crippen LogP contribution in [0.25, 0.3) is 112 Å². The molecule has 0 saturated heterocycles. The van der Waals surface area contributed by atoms with E-state index in [1.54, 1.807) is 11.3 Å². The first kappa shape index (κ1) is 33.6. The number of hydrogen-bond donors (Lipinski definition) is 0. The maximum atomic E-state index is 6.45. The molecule has 0 radical (unpaired) electrons. The summed E-state index contributed by atoms with van der Waals surface area (Å²) in [6.45, 7) is 0. The maximum absolute atomic E-state index is 6.45. The van der Waals surface area contributed by atoms with Crippen molar-refractivity contribution in [2.45, 2.75) is 0 Å². The standard InChI is InChI=1S/C54H31N3OS2/c1-3-15-32(16-4-1)35-28-29-40(37-20-8-7-19-36(35)37)52-55-53(49-42-24-12-14-26-45(42)60-54(49)56-52)57-44-25-13-11-23-41(44)47-48-43-31-34(58-33-17-5-2-6-18-33)27-30-46(43)59-51(48)39-22-10-9-21-38(39)50(47)57/h1-31H. The zero-order valence-electron chi connectivity index (χ0n) is 32.0. The highest BCUT2D eigenvalue weighted by molar-refractivity contribution is 7.27. The van der Waals surface area contributed by atoms with Gasteiger partial charge in [-0.05, 0) is 70.4 Å². The second-order valence-corrected chi connectivity index (χ2v) is 17.3. The van der Waals surface area contributed by atoms with Gasteiger partial charge in [-0.1, -0.05) is 140 Å². The molecule has 13 aromatic rings. The van der Waals surface area contributed by atoms with Gasteiger partial charge < -0.3 is 4.74 Å². The molecule has 280 valence electrons. The van der Waals surface area contributed by atoms with E-state index < -0.39 is 0 Å². The summed E-state index contributed by atoms with van der Waals surface area (Å²) >= 11 is 3.59. The van der Waals surface area contributed by atoms with Crippen LogP contribution in [0.5, 0.6) is 11.5 Å². The minimum Gasteiger partial charge on any atom is -0.457 e. The molecule has 9 aromatic carbocycles. The Kier molecular flexibility index (Phi) is 7.31. The van der Waals surface area contributed by atoms with Crippen molar-refractivity contribution in [2.24, 2.45) is 0 Å². The van der Waals surface area contributed by atoms with E-state index in [1.807, 2.05) is 41.7 Å². The molecule has 4 nitrogen and oxygen atoms in total. The summed E-state index contributed by atoms with van der Waals surface area (Å²) in [6.07, 6.45) is 0. The van der Waals surface area contributed by atoms with E-state index in [0.29, 0.717) is 5.82 Å². The van der Waals surface area contributed by atoms with Crippen molar-refractivity contribution in [3.8, 4) is 39.8 Å². The topological polar surface area (TPSA) is 39.9 Å². The van der Waals surface area contributed by atoms with Gasteiger partial charge in [-0.15, -0.1) is 22.7 Å². The van der Waals surface area contributed by atoms with E-state index in [2.05, 4.69) is 162 Å². The molecule has 0 atom stereocenters. The summed E-state index contributed by atoms with van der Waals surface area (Å²) in [4.78, 5) is 12.1. The first-order valence-electron chi connectivity index (χ1n) is 20.1. The molecule has 60 heavy (non-hydrogen) atoms. The van der Waals surface area contributed by atoms with E-state index in [1.165, 1.54) is 62.9 Å². The van der Waals surface area contributed by atoms with E-state index in [-0.39, 0.29) is 0 Å². The van der Waals surface area contributed by atoms with Crippen molar-refractivity contribution in [3.05, 3.63) is 188 Å². The van der Waals surface area contributed by atoms with Crippen LogP contribution in [0.2, 0.25) is 0 Å². The van der Waals surface area contributed by atoms with Crippen LogP contribution in [-0.4, -0.2) is 14.5 Å². The highest BCUT2D eigenvalue weighted by Gasteiger charge is 2.26. The minimum atomic E-state index is 0.708. The van der Waals surface area contributed by atoms with Crippen molar-refractivity contribution in [1.82, 2.24) is 14.5 Å². The van der Waals surface area contributed by atoms with E-state index in [9.17, 15) is 0 Å². The van der Waals surface area contributed by atoms with Crippen LogP contribution in [0.1, 0.15) is 0 Å². The average molecular weight is 802 g/mol. The molecule has 0 amide bonds. The lowest BCUT2D eigenvalue weighted by atomic mass is 9.95. The predicted octanol–water partition coefficient (Wildman–Crippen LogP) is 15.7. The monoisotopic (exact) mass is 801 g/mol. The molecular formula is C54H31N3OS2. The van der Waals surface area contributed by atoms with Gasteiger partial charge in [0.2, 0.25) is 0 Å². The van der Waals surface area contributed by atoms with Crippen molar-refractivity contribution < 1.29 is 4.74 Å². The van der Waals surface area contributed by atoms with Gasteiger partial charge in [0.15, 0.2) is 11.6 Å². The Hall–Kier alpha value is -7.38. The Balaban J connectivity index is 1.17. The summed E-state index contributed by atoms with van der Waals surface area (Å²) < 4.78 is 12.6. The maximum Gasteiger partial charge on any atom is 0.163 e. The molecule has 6 heteroatoms. The lowest BCUT2D eigenvalue weighted by Crippen LogP contribution is -2.02. The van der Waals surface area contributed by atoms with Crippen molar-refractivity contribution in [3.63, 3.8) is 0 Å². The smallest absolute Gasteiger partial charge is 0.163 e. The largest absolute Gasteiger partial charge is 0.457 e. The highest BCUT2D eigenvalue weighted by atomic mass is 32.1. The van der Waals surface area contributed by atoms with Crippen LogP contribution in [0.15, 0.2) is 188 Å². The van der Waals surface area contributed by atoms with Crippen LogP contribution in [0.4, 0.5) is 0 Å². The number of rotatable bonds is 5. The molecule has 0 N–H and O–H groups in total. The molecule has 0 bridgehead atoms. The quantitative estimate of drug-likeness (QED) is 0.174. The summed E-state index contributed by atoms with van der Waals surface area (Å²) in [6, 6.07) is 66.6. The Morgan fingerprint density at radius 2 is 1.05 bits per heavy atom. The second kappa shape index (κ2) is 13.1. The summed E-state index contributed by atoms with van der Waals surface area (Å²) in [5, 5.41) is 11.7. The average Bonchev–Trinajstić information content (AvgIpc) is 3.99. The van der Waals surface area contributed by atoms with Gasteiger partial charge in [0, 0.05) is 57.4 Å². The Morgan fingerprint density at radius 1 is 0.417 bits per heavy atom. The van der Waals surface area contributed by atoms with Crippen molar-refractivity contribution >= 4 is 106 Å².